The van der Waals surface area contributed by atoms with Crippen molar-refractivity contribution in [2.75, 3.05) is 6.54 Å². The van der Waals surface area contributed by atoms with Crippen LogP contribution in [-0.4, -0.2) is 27.6 Å². The lowest BCUT2D eigenvalue weighted by molar-refractivity contribution is -0.125. The Morgan fingerprint density at radius 2 is 2.37 bits per heavy atom. The minimum absolute atomic E-state index is 0.265. The van der Waals surface area contributed by atoms with Gasteiger partial charge in [0.2, 0.25) is 0 Å². The molecule has 106 valence electrons. The van der Waals surface area contributed by atoms with Gasteiger partial charge in [0, 0.05) is 12.2 Å². The van der Waals surface area contributed by atoms with Crippen molar-refractivity contribution in [1.82, 2.24) is 15.1 Å². The molecule has 2 atom stereocenters. The van der Waals surface area contributed by atoms with Crippen molar-refractivity contribution in [2.24, 2.45) is 0 Å². The largest absolute Gasteiger partial charge is 0.305 e. The van der Waals surface area contributed by atoms with Crippen LogP contribution >= 0.6 is 0 Å². The van der Waals surface area contributed by atoms with E-state index < -0.39 is 0 Å². The number of piperidine rings is 1. The summed E-state index contributed by atoms with van der Waals surface area (Å²) in [5.74, 6) is 0.265. The highest BCUT2D eigenvalue weighted by Gasteiger charge is 2.33. The van der Waals surface area contributed by atoms with Crippen LogP contribution in [0.25, 0.3) is 0 Å². The Morgan fingerprint density at radius 1 is 1.58 bits per heavy atom. The van der Waals surface area contributed by atoms with E-state index in [4.69, 9.17) is 0 Å². The number of carbonyl (C=O) groups is 1. The number of carbonyl (C=O) groups excluding carboxylic acids is 1. The van der Waals surface area contributed by atoms with Crippen LogP contribution in [0.1, 0.15) is 58.2 Å². The van der Waals surface area contributed by atoms with E-state index in [2.05, 4.69) is 24.3 Å². The van der Waals surface area contributed by atoms with Gasteiger partial charge in [-0.05, 0) is 52.1 Å². The van der Waals surface area contributed by atoms with E-state index in [9.17, 15) is 4.79 Å². The quantitative estimate of drug-likeness (QED) is 0.888. The number of hydrogen-bond donors (Lipinski definition) is 1. The van der Waals surface area contributed by atoms with Gasteiger partial charge in [-0.25, -0.2) is 0 Å². The summed E-state index contributed by atoms with van der Waals surface area (Å²) in [6, 6.07) is 2.36. The van der Waals surface area contributed by atoms with Gasteiger partial charge in [-0.2, -0.15) is 5.10 Å². The number of Topliss-reactive ketones (excluding diaryl/α,β-unsaturated/α-hetero) is 1. The minimum Gasteiger partial charge on any atom is -0.305 e. The van der Waals surface area contributed by atoms with Gasteiger partial charge < -0.3 is 5.32 Å². The lowest BCUT2D eigenvalue weighted by Gasteiger charge is -2.33. The topological polar surface area (TPSA) is 46.9 Å². The minimum atomic E-state index is -0.349. The lowest BCUT2D eigenvalue weighted by Crippen LogP contribution is -2.52. The first-order chi connectivity index (χ1) is 9.05. The molecule has 0 radical (unpaired) electrons. The predicted molar refractivity (Wildman–Crippen MR) is 76.2 cm³/mol. The van der Waals surface area contributed by atoms with Crippen LogP contribution in [0.5, 0.6) is 0 Å². The predicted octanol–water partition coefficient (Wildman–Crippen LogP) is 2.50. The van der Waals surface area contributed by atoms with Gasteiger partial charge in [0.05, 0.1) is 17.7 Å². The fourth-order valence-corrected chi connectivity index (χ4v) is 2.56. The molecule has 0 aromatic carbocycles. The van der Waals surface area contributed by atoms with Crippen molar-refractivity contribution in [2.45, 2.75) is 64.5 Å². The van der Waals surface area contributed by atoms with E-state index in [1.54, 1.807) is 0 Å². The van der Waals surface area contributed by atoms with Crippen molar-refractivity contribution in [1.29, 1.82) is 0 Å². The Bertz CT molecular complexity index is 432. The normalized spacial score (nSPS) is 25.2. The van der Waals surface area contributed by atoms with Gasteiger partial charge in [-0.15, -0.1) is 0 Å². The van der Waals surface area contributed by atoms with E-state index in [-0.39, 0.29) is 11.3 Å². The van der Waals surface area contributed by atoms with E-state index in [0.717, 1.165) is 31.5 Å². The average Bonchev–Trinajstić information content (AvgIpc) is 2.87. The molecule has 2 rings (SSSR count). The second-order valence-electron chi connectivity index (χ2n) is 5.86. The molecule has 1 aliphatic heterocycles. The summed E-state index contributed by atoms with van der Waals surface area (Å²) in [6.45, 7) is 7.26. The van der Waals surface area contributed by atoms with E-state index in [1.165, 1.54) is 6.42 Å². The number of nitrogens with one attached hydrogen (secondary N) is 1. The molecule has 2 unspecified atom stereocenters. The molecule has 1 saturated heterocycles. The molecular formula is C15H25N3O. The van der Waals surface area contributed by atoms with Gasteiger partial charge in [0.15, 0.2) is 5.78 Å². The van der Waals surface area contributed by atoms with E-state index >= 15 is 0 Å². The molecule has 0 saturated carbocycles. The molecule has 1 aliphatic rings. The maximum atomic E-state index is 12.4. The molecule has 19 heavy (non-hydrogen) atoms. The molecule has 0 aliphatic carbocycles. The third-order valence-corrected chi connectivity index (χ3v) is 4.28. The maximum absolute atomic E-state index is 12.4. The first kappa shape index (κ1) is 14.3. The maximum Gasteiger partial charge on any atom is 0.158 e. The molecule has 0 spiro atoms. The highest BCUT2D eigenvalue weighted by molar-refractivity contribution is 5.89. The standard InChI is InChI=1S/C15H25N3O/c1-4-12(2)18-10-7-13(17-18)11-14(19)15(3)8-5-6-9-16-15/h7,10,12,16H,4-6,8-9,11H2,1-3H3. The molecule has 1 aromatic heterocycles. The number of nitrogens with zero attached hydrogens (tertiary/aromatic N) is 2. The van der Waals surface area contributed by atoms with Crippen LogP contribution in [0.4, 0.5) is 0 Å². The second kappa shape index (κ2) is 5.87. The molecule has 1 fully saturated rings. The molecule has 0 bridgehead atoms. The fourth-order valence-electron chi connectivity index (χ4n) is 2.56. The van der Waals surface area contributed by atoms with Crippen LogP contribution in [0.15, 0.2) is 12.3 Å². The van der Waals surface area contributed by atoms with Crippen LogP contribution in [0, 0.1) is 0 Å². The monoisotopic (exact) mass is 263 g/mol. The molecule has 2 heterocycles. The average molecular weight is 263 g/mol. The summed E-state index contributed by atoms with van der Waals surface area (Å²) in [6.07, 6.45) is 6.72. The SMILES string of the molecule is CCC(C)n1ccc(CC(=O)C2(C)CCCCN2)n1. The van der Waals surface area contributed by atoms with Gasteiger partial charge in [-0.3, -0.25) is 9.48 Å². The van der Waals surface area contributed by atoms with Gasteiger partial charge >= 0.3 is 0 Å². The number of hydrogen-bond acceptors (Lipinski definition) is 3. The zero-order valence-corrected chi connectivity index (χ0v) is 12.3. The molecule has 0 amide bonds. The van der Waals surface area contributed by atoms with Crippen molar-refractivity contribution in [3.63, 3.8) is 0 Å². The molecular weight excluding hydrogens is 238 g/mol. The molecule has 4 heteroatoms. The zero-order valence-electron chi connectivity index (χ0n) is 12.3. The Balaban J connectivity index is 2.00. The second-order valence-corrected chi connectivity index (χ2v) is 5.86. The Morgan fingerprint density at radius 3 is 3.00 bits per heavy atom. The van der Waals surface area contributed by atoms with Crippen LogP contribution in [-0.2, 0) is 11.2 Å². The van der Waals surface area contributed by atoms with Crippen molar-refractivity contribution in [3.05, 3.63) is 18.0 Å². The summed E-state index contributed by atoms with van der Waals surface area (Å²) in [5, 5.41) is 7.89. The van der Waals surface area contributed by atoms with Crippen molar-refractivity contribution in [3.8, 4) is 0 Å². The van der Waals surface area contributed by atoms with Crippen LogP contribution in [0.3, 0.4) is 0 Å². The third-order valence-electron chi connectivity index (χ3n) is 4.28. The number of aromatic nitrogens is 2. The lowest BCUT2D eigenvalue weighted by atomic mass is 9.85. The molecule has 1 N–H and O–H groups in total. The summed E-state index contributed by atoms with van der Waals surface area (Å²) in [7, 11) is 0. The first-order valence-corrected chi connectivity index (χ1v) is 7.37. The van der Waals surface area contributed by atoms with Gasteiger partial charge in [0.1, 0.15) is 0 Å². The fraction of sp³-hybridized carbons (Fsp3) is 0.733. The summed E-state index contributed by atoms with van der Waals surface area (Å²) >= 11 is 0. The van der Waals surface area contributed by atoms with Crippen LogP contribution < -0.4 is 5.32 Å². The van der Waals surface area contributed by atoms with E-state index in [1.807, 2.05) is 23.9 Å². The third kappa shape index (κ3) is 3.24. The highest BCUT2D eigenvalue weighted by atomic mass is 16.1. The van der Waals surface area contributed by atoms with Crippen molar-refractivity contribution < 1.29 is 4.79 Å². The molecule has 4 nitrogen and oxygen atoms in total. The summed E-state index contributed by atoms with van der Waals surface area (Å²) in [5.41, 5.74) is 0.539. The van der Waals surface area contributed by atoms with Crippen LogP contribution in [0.2, 0.25) is 0 Å². The van der Waals surface area contributed by atoms with Crippen molar-refractivity contribution >= 4 is 5.78 Å². The summed E-state index contributed by atoms with van der Waals surface area (Å²) in [4.78, 5) is 12.4. The highest BCUT2D eigenvalue weighted by Crippen LogP contribution is 2.21. The smallest absolute Gasteiger partial charge is 0.158 e. The zero-order chi connectivity index (χ0) is 13.9. The Labute approximate surface area is 115 Å². The number of ketones is 1. The van der Waals surface area contributed by atoms with E-state index in [0.29, 0.717) is 12.5 Å². The summed E-state index contributed by atoms with van der Waals surface area (Å²) < 4.78 is 1.96. The Kier molecular flexibility index (Phi) is 4.40. The van der Waals surface area contributed by atoms with Gasteiger partial charge in [0.25, 0.3) is 0 Å². The first-order valence-electron chi connectivity index (χ1n) is 7.37. The molecule has 1 aromatic rings. The Hall–Kier alpha value is -1.16. The number of rotatable bonds is 5. The van der Waals surface area contributed by atoms with Gasteiger partial charge in [-0.1, -0.05) is 6.92 Å².